The van der Waals surface area contributed by atoms with Gasteiger partial charge in [-0.1, -0.05) is 13.5 Å². The maximum atomic E-state index is 10.8. The summed E-state index contributed by atoms with van der Waals surface area (Å²) < 4.78 is 10.3. The molecule has 3 heteroatoms. The van der Waals surface area contributed by atoms with Gasteiger partial charge in [-0.15, -0.1) is 0 Å². The highest BCUT2D eigenvalue weighted by molar-refractivity contribution is 5.81. The average molecular weight is 172 g/mol. The summed E-state index contributed by atoms with van der Waals surface area (Å²) in [7, 11) is 0. The van der Waals surface area contributed by atoms with Gasteiger partial charge in [-0.3, -0.25) is 0 Å². The van der Waals surface area contributed by atoms with Gasteiger partial charge in [0.1, 0.15) is 0 Å². The van der Waals surface area contributed by atoms with Crippen LogP contribution in [-0.4, -0.2) is 18.4 Å². The number of rotatable bonds is 5. The van der Waals surface area contributed by atoms with E-state index in [1.807, 2.05) is 13.8 Å². The molecule has 0 aromatic carbocycles. The highest BCUT2D eigenvalue weighted by atomic mass is 16.7. The third kappa shape index (κ3) is 3.53. The fourth-order valence-electron chi connectivity index (χ4n) is 0.763. The smallest absolute Gasteiger partial charge is 0.332 e. The van der Waals surface area contributed by atoms with Crippen molar-refractivity contribution in [2.75, 3.05) is 6.61 Å². The lowest BCUT2D eigenvalue weighted by molar-refractivity contribution is -0.218. The van der Waals surface area contributed by atoms with Crippen molar-refractivity contribution in [1.29, 1.82) is 0 Å². The second-order valence-electron chi connectivity index (χ2n) is 2.55. The van der Waals surface area contributed by atoms with Crippen molar-refractivity contribution in [1.82, 2.24) is 0 Å². The van der Waals surface area contributed by atoms with Crippen LogP contribution < -0.4 is 0 Å². The standard InChI is InChI=1S/C9H16O3/c1-5-8(10)12-9(4,6-2)11-7-3/h5H,1,6-7H2,2-4H3. The molecule has 0 N–H and O–H groups in total. The van der Waals surface area contributed by atoms with Crippen LogP contribution in [0.3, 0.4) is 0 Å². The van der Waals surface area contributed by atoms with E-state index in [2.05, 4.69) is 6.58 Å². The summed E-state index contributed by atoms with van der Waals surface area (Å²) in [6.07, 6.45) is 1.76. The Morgan fingerprint density at radius 1 is 1.58 bits per heavy atom. The van der Waals surface area contributed by atoms with Gasteiger partial charge in [-0.25, -0.2) is 4.79 Å². The van der Waals surface area contributed by atoms with Gasteiger partial charge in [0, 0.05) is 26.0 Å². The predicted octanol–water partition coefficient (Wildman–Crippen LogP) is 1.88. The number of hydrogen-bond acceptors (Lipinski definition) is 3. The first-order chi connectivity index (χ1) is 5.58. The van der Waals surface area contributed by atoms with Crippen LogP contribution in [0.25, 0.3) is 0 Å². The van der Waals surface area contributed by atoms with Crippen LogP contribution in [0.15, 0.2) is 12.7 Å². The van der Waals surface area contributed by atoms with E-state index >= 15 is 0 Å². The lowest BCUT2D eigenvalue weighted by Crippen LogP contribution is -2.33. The zero-order valence-electron chi connectivity index (χ0n) is 7.92. The largest absolute Gasteiger partial charge is 0.430 e. The molecule has 0 aliphatic heterocycles. The summed E-state index contributed by atoms with van der Waals surface area (Å²) in [5.74, 6) is -1.26. The van der Waals surface area contributed by atoms with Crippen LogP contribution in [0.1, 0.15) is 27.2 Å². The minimum Gasteiger partial charge on any atom is -0.430 e. The van der Waals surface area contributed by atoms with E-state index in [1.165, 1.54) is 0 Å². The van der Waals surface area contributed by atoms with E-state index in [9.17, 15) is 4.79 Å². The lowest BCUT2D eigenvalue weighted by atomic mass is 10.2. The Morgan fingerprint density at radius 3 is 2.50 bits per heavy atom. The molecular weight excluding hydrogens is 156 g/mol. The first kappa shape index (κ1) is 11.2. The predicted molar refractivity (Wildman–Crippen MR) is 46.6 cm³/mol. The Morgan fingerprint density at radius 2 is 2.17 bits per heavy atom. The Bertz CT molecular complexity index is 165. The molecule has 0 rings (SSSR count). The topological polar surface area (TPSA) is 35.5 Å². The zero-order chi connectivity index (χ0) is 9.61. The van der Waals surface area contributed by atoms with Crippen molar-refractivity contribution in [2.24, 2.45) is 0 Å². The van der Waals surface area contributed by atoms with Crippen molar-refractivity contribution in [2.45, 2.75) is 33.0 Å². The maximum absolute atomic E-state index is 10.8. The van der Waals surface area contributed by atoms with Gasteiger partial charge in [0.2, 0.25) is 5.79 Å². The molecule has 0 aliphatic carbocycles. The molecule has 70 valence electrons. The van der Waals surface area contributed by atoms with Crippen LogP contribution >= 0.6 is 0 Å². The molecule has 1 unspecified atom stereocenters. The molecule has 0 aliphatic rings. The van der Waals surface area contributed by atoms with Crippen LogP contribution in [0.4, 0.5) is 0 Å². The van der Waals surface area contributed by atoms with Crippen LogP contribution in [0.5, 0.6) is 0 Å². The quantitative estimate of drug-likeness (QED) is 0.361. The molecule has 0 amide bonds. The van der Waals surface area contributed by atoms with Gasteiger partial charge >= 0.3 is 5.97 Å². The van der Waals surface area contributed by atoms with Gasteiger partial charge in [0.05, 0.1) is 0 Å². The van der Waals surface area contributed by atoms with Gasteiger partial charge in [-0.2, -0.15) is 0 Å². The number of carbonyl (C=O) groups excluding carboxylic acids is 1. The number of esters is 1. The molecule has 0 spiro atoms. The molecule has 0 bridgehead atoms. The van der Waals surface area contributed by atoms with Gasteiger partial charge in [0.25, 0.3) is 0 Å². The highest BCUT2D eigenvalue weighted by Gasteiger charge is 2.25. The van der Waals surface area contributed by atoms with Gasteiger partial charge < -0.3 is 9.47 Å². The fraction of sp³-hybridized carbons (Fsp3) is 0.667. The summed E-state index contributed by atoms with van der Waals surface area (Å²) in [4.78, 5) is 10.8. The first-order valence-corrected chi connectivity index (χ1v) is 4.07. The number of carbonyl (C=O) groups is 1. The Hall–Kier alpha value is -0.830. The Kier molecular flexibility index (Phi) is 4.59. The second-order valence-corrected chi connectivity index (χ2v) is 2.55. The summed E-state index contributed by atoms with van der Waals surface area (Å²) in [6.45, 7) is 9.32. The second kappa shape index (κ2) is 4.93. The van der Waals surface area contributed by atoms with Crippen LogP contribution in [-0.2, 0) is 14.3 Å². The molecule has 0 saturated carbocycles. The minimum atomic E-state index is -0.806. The molecule has 0 radical (unpaired) electrons. The summed E-state index contributed by atoms with van der Waals surface area (Å²) in [6, 6.07) is 0. The molecular formula is C9H16O3. The van der Waals surface area contributed by atoms with Crippen LogP contribution in [0.2, 0.25) is 0 Å². The van der Waals surface area contributed by atoms with Crippen molar-refractivity contribution in [3.63, 3.8) is 0 Å². The van der Waals surface area contributed by atoms with E-state index < -0.39 is 11.8 Å². The molecule has 3 nitrogen and oxygen atoms in total. The zero-order valence-corrected chi connectivity index (χ0v) is 7.92. The van der Waals surface area contributed by atoms with E-state index in [-0.39, 0.29) is 0 Å². The molecule has 0 saturated heterocycles. The number of ether oxygens (including phenoxy) is 2. The first-order valence-electron chi connectivity index (χ1n) is 4.07. The normalized spacial score (nSPS) is 14.9. The van der Waals surface area contributed by atoms with E-state index in [0.29, 0.717) is 13.0 Å². The molecule has 0 aromatic heterocycles. The van der Waals surface area contributed by atoms with Crippen LogP contribution in [0, 0.1) is 0 Å². The van der Waals surface area contributed by atoms with E-state index in [1.54, 1.807) is 6.92 Å². The third-order valence-corrected chi connectivity index (χ3v) is 1.58. The third-order valence-electron chi connectivity index (χ3n) is 1.58. The molecule has 0 heterocycles. The summed E-state index contributed by atoms with van der Waals surface area (Å²) in [5.41, 5.74) is 0. The molecule has 1 atom stereocenters. The SMILES string of the molecule is C=CC(=O)OC(C)(CC)OCC. The average Bonchev–Trinajstić information content (AvgIpc) is 2.05. The van der Waals surface area contributed by atoms with Crippen molar-refractivity contribution in [3.05, 3.63) is 12.7 Å². The summed E-state index contributed by atoms with van der Waals surface area (Å²) in [5, 5.41) is 0. The maximum Gasteiger partial charge on any atom is 0.332 e. The van der Waals surface area contributed by atoms with Crippen molar-refractivity contribution >= 4 is 5.97 Å². The van der Waals surface area contributed by atoms with Crippen molar-refractivity contribution in [3.8, 4) is 0 Å². The monoisotopic (exact) mass is 172 g/mol. The summed E-state index contributed by atoms with van der Waals surface area (Å²) >= 11 is 0. The van der Waals surface area contributed by atoms with E-state index in [0.717, 1.165) is 6.08 Å². The Balaban J connectivity index is 4.12. The fourth-order valence-corrected chi connectivity index (χ4v) is 0.763. The van der Waals surface area contributed by atoms with Gasteiger partial charge in [0.15, 0.2) is 0 Å². The lowest BCUT2D eigenvalue weighted by Gasteiger charge is -2.27. The Labute approximate surface area is 73.4 Å². The molecule has 12 heavy (non-hydrogen) atoms. The minimum absolute atomic E-state index is 0.451. The van der Waals surface area contributed by atoms with Crippen molar-refractivity contribution < 1.29 is 14.3 Å². The molecule has 0 aromatic rings. The number of hydrogen-bond donors (Lipinski definition) is 0. The highest BCUT2D eigenvalue weighted by Crippen LogP contribution is 2.16. The molecule has 0 fully saturated rings. The van der Waals surface area contributed by atoms with E-state index in [4.69, 9.17) is 9.47 Å². The van der Waals surface area contributed by atoms with Gasteiger partial charge in [-0.05, 0) is 6.92 Å².